The van der Waals surface area contributed by atoms with Gasteiger partial charge in [0.15, 0.2) is 0 Å². The molecular weight excluding hydrogens is 214 g/mol. The van der Waals surface area contributed by atoms with Crippen molar-refractivity contribution in [1.29, 1.82) is 0 Å². The highest BCUT2D eigenvalue weighted by molar-refractivity contribution is 5.65. The monoisotopic (exact) mass is 231 g/mol. The van der Waals surface area contributed by atoms with Gasteiger partial charge in [-0.15, -0.1) is 0 Å². The largest absolute Gasteiger partial charge is 0.465 e. The van der Waals surface area contributed by atoms with Crippen molar-refractivity contribution in [3.05, 3.63) is 35.4 Å². The van der Waals surface area contributed by atoms with Gasteiger partial charge in [-0.25, -0.2) is 4.79 Å². The molecule has 3 rings (SSSR count). The summed E-state index contributed by atoms with van der Waals surface area (Å²) in [6, 6.07) is 8.66. The predicted octanol–water partition coefficient (Wildman–Crippen LogP) is 2.64. The molecule has 1 aromatic rings. The Labute approximate surface area is 101 Å². The van der Waals surface area contributed by atoms with Gasteiger partial charge >= 0.3 is 6.09 Å². The van der Waals surface area contributed by atoms with Crippen molar-refractivity contribution in [2.75, 3.05) is 13.1 Å². The van der Waals surface area contributed by atoms with Crippen LogP contribution >= 0.6 is 0 Å². The Hall–Kier alpha value is -1.51. The number of carboxylic acid groups (broad SMARTS) is 1. The summed E-state index contributed by atoms with van der Waals surface area (Å²) >= 11 is 0. The van der Waals surface area contributed by atoms with Crippen LogP contribution in [0.25, 0.3) is 0 Å². The van der Waals surface area contributed by atoms with Gasteiger partial charge in [-0.1, -0.05) is 24.3 Å². The molecule has 0 unspecified atom stereocenters. The van der Waals surface area contributed by atoms with Gasteiger partial charge < -0.3 is 10.0 Å². The van der Waals surface area contributed by atoms with Crippen LogP contribution in [0.3, 0.4) is 0 Å². The quantitative estimate of drug-likeness (QED) is 0.745. The Morgan fingerprint density at radius 3 is 2.59 bits per heavy atom. The Morgan fingerprint density at radius 2 is 1.88 bits per heavy atom. The molecule has 1 amide bonds. The van der Waals surface area contributed by atoms with Gasteiger partial charge in [-0.05, 0) is 42.2 Å². The first-order chi connectivity index (χ1) is 8.21. The second-order valence-electron chi connectivity index (χ2n) is 5.21. The molecule has 90 valence electrons. The first kappa shape index (κ1) is 10.6. The fourth-order valence-electron chi connectivity index (χ4n) is 3.41. The number of benzene rings is 1. The van der Waals surface area contributed by atoms with Crippen molar-refractivity contribution in [2.24, 2.45) is 0 Å². The number of amides is 1. The van der Waals surface area contributed by atoms with E-state index in [1.165, 1.54) is 17.5 Å². The van der Waals surface area contributed by atoms with Gasteiger partial charge in [0.2, 0.25) is 0 Å². The Bertz CT molecular complexity index is 447. The van der Waals surface area contributed by atoms with Crippen molar-refractivity contribution in [3.8, 4) is 0 Å². The minimum atomic E-state index is -0.772. The number of aryl methyl sites for hydroxylation is 1. The van der Waals surface area contributed by atoms with Crippen LogP contribution in [-0.2, 0) is 11.8 Å². The standard InChI is InChI=1S/C14H17NO2/c16-13(17)15-9-7-14(8-10-15)6-5-11-3-1-2-4-12(11)14/h1-4H,5-10H2,(H,16,17). The lowest BCUT2D eigenvalue weighted by atomic mass is 9.74. The number of likely N-dealkylation sites (tertiary alicyclic amines) is 1. The van der Waals surface area contributed by atoms with Crippen LogP contribution in [0.1, 0.15) is 30.4 Å². The van der Waals surface area contributed by atoms with Crippen molar-refractivity contribution in [1.82, 2.24) is 4.90 Å². The van der Waals surface area contributed by atoms with E-state index in [0.717, 1.165) is 19.3 Å². The van der Waals surface area contributed by atoms with E-state index in [2.05, 4.69) is 24.3 Å². The second-order valence-corrected chi connectivity index (χ2v) is 5.21. The summed E-state index contributed by atoms with van der Waals surface area (Å²) in [6.45, 7) is 1.37. The minimum absolute atomic E-state index is 0.266. The third-order valence-electron chi connectivity index (χ3n) is 4.45. The van der Waals surface area contributed by atoms with Gasteiger partial charge in [0.1, 0.15) is 0 Å². The van der Waals surface area contributed by atoms with E-state index in [0.29, 0.717) is 13.1 Å². The van der Waals surface area contributed by atoms with Gasteiger partial charge in [-0.2, -0.15) is 0 Å². The summed E-state index contributed by atoms with van der Waals surface area (Å²) in [5, 5.41) is 8.99. The van der Waals surface area contributed by atoms with Crippen LogP contribution in [0, 0.1) is 0 Å². The maximum atomic E-state index is 10.9. The lowest BCUT2D eigenvalue weighted by Crippen LogP contribution is -2.43. The SMILES string of the molecule is O=C(O)N1CCC2(CCc3ccccc32)CC1. The minimum Gasteiger partial charge on any atom is -0.465 e. The highest BCUT2D eigenvalue weighted by atomic mass is 16.4. The number of hydrogen-bond donors (Lipinski definition) is 1. The molecule has 1 heterocycles. The Balaban J connectivity index is 1.85. The van der Waals surface area contributed by atoms with E-state index in [-0.39, 0.29) is 5.41 Å². The summed E-state index contributed by atoms with van der Waals surface area (Å²) in [5.41, 5.74) is 3.21. The molecule has 3 heteroatoms. The summed E-state index contributed by atoms with van der Waals surface area (Å²) in [5.74, 6) is 0. The maximum Gasteiger partial charge on any atom is 0.407 e. The molecule has 0 aromatic heterocycles. The fourth-order valence-corrected chi connectivity index (χ4v) is 3.41. The molecule has 0 bridgehead atoms. The topological polar surface area (TPSA) is 40.5 Å². The van der Waals surface area contributed by atoms with E-state index < -0.39 is 6.09 Å². The van der Waals surface area contributed by atoms with Crippen LogP contribution in [0.4, 0.5) is 4.79 Å². The number of rotatable bonds is 0. The molecule has 0 radical (unpaired) electrons. The lowest BCUT2D eigenvalue weighted by Gasteiger charge is -2.39. The molecule has 1 saturated heterocycles. The third kappa shape index (κ3) is 1.61. The highest BCUT2D eigenvalue weighted by Crippen LogP contribution is 2.45. The molecule has 0 saturated carbocycles. The van der Waals surface area contributed by atoms with E-state index in [9.17, 15) is 4.79 Å². The lowest BCUT2D eigenvalue weighted by molar-refractivity contribution is 0.116. The average molecular weight is 231 g/mol. The van der Waals surface area contributed by atoms with Crippen LogP contribution in [0.5, 0.6) is 0 Å². The van der Waals surface area contributed by atoms with Crippen LogP contribution < -0.4 is 0 Å². The number of nitrogens with zero attached hydrogens (tertiary/aromatic N) is 1. The van der Waals surface area contributed by atoms with Crippen molar-refractivity contribution in [3.63, 3.8) is 0 Å². The molecule has 1 aliphatic carbocycles. The van der Waals surface area contributed by atoms with Crippen LogP contribution in [0.15, 0.2) is 24.3 Å². The molecule has 1 spiro atoms. The number of hydrogen-bond acceptors (Lipinski definition) is 1. The van der Waals surface area contributed by atoms with E-state index in [1.807, 2.05) is 0 Å². The first-order valence-electron chi connectivity index (χ1n) is 6.28. The number of fused-ring (bicyclic) bond motifs is 2. The zero-order valence-electron chi connectivity index (χ0n) is 9.85. The molecule has 1 N–H and O–H groups in total. The number of carbonyl (C=O) groups is 1. The van der Waals surface area contributed by atoms with Crippen LogP contribution in [0.2, 0.25) is 0 Å². The van der Waals surface area contributed by atoms with Crippen LogP contribution in [-0.4, -0.2) is 29.2 Å². The molecule has 0 atom stereocenters. The average Bonchev–Trinajstić information content (AvgIpc) is 2.70. The third-order valence-corrected chi connectivity index (χ3v) is 4.45. The summed E-state index contributed by atoms with van der Waals surface area (Å²) in [7, 11) is 0. The second kappa shape index (κ2) is 3.76. The molecule has 3 nitrogen and oxygen atoms in total. The van der Waals surface area contributed by atoms with Gasteiger partial charge in [0, 0.05) is 13.1 Å². The zero-order chi connectivity index (χ0) is 11.9. The molecule has 1 aromatic carbocycles. The maximum absolute atomic E-state index is 10.9. The van der Waals surface area contributed by atoms with Gasteiger partial charge in [0.05, 0.1) is 0 Å². The molecule has 1 aliphatic heterocycles. The molecule has 2 aliphatic rings. The van der Waals surface area contributed by atoms with Crippen molar-refractivity contribution in [2.45, 2.75) is 31.1 Å². The van der Waals surface area contributed by atoms with Gasteiger partial charge in [0.25, 0.3) is 0 Å². The zero-order valence-corrected chi connectivity index (χ0v) is 9.85. The van der Waals surface area contributed by atoms with Crippen molar-refractivity contribution < 1.29 is 9.90 Å². The van der Waals surface area contributed by atoms with Crippen molar-refractivity contribution >= 4 is 6.09 Å². The predicted molar refractivity (Wildman–Crippen MR) is 65.3 cm³/mol. The normalized spacial score (nSPS) is 21.5. The first-order valence-corrected chi connectivity index (χ1v) is 6.28. The Kier molecular flexibility index (Phi) is 2.35. The van der Waals surface area contributed by atoms with E-state index >= 15 is 0 Å². The molecule has 17 heavy (non-hydrogen) atoms. The summed E-state index contributed by atoms with van der Waals surface area (Å²) in [4.78, 5) is 12.5. The van der Waals surface area contributed by atoms with E-state index in [1.54, 1.807) is 4.90 Å². The van der Waals surface area contributed by atoms with E-state index in [4.69, 9.17) is 5.11 Å². The smallest absolute Gasteiger partial charge is 0.407 e. The molecule has 1 fully saturated rings. The Morgan fingerprint density at radius 1 is 1.18 bits per heavy atom. The highest BCUT2D eigenvalue weighted by Gasteiger charge is 2.41. The summed E-state index contributed by atoms with van der Waals surface area (Å²) < 4.78 is 0. The summed E-state index contributed by atoms with van der Waals surface area (Å²) in [6.07, 6.45) is 3.54. The number of piperidine rings is 1. The van der Waals surface area contributed by atoms with Gasteiger partial charge in [-0.3, -0.25) is 0 Å². The molecular formula is C14H17NO2. The fraction of sp³-hybridized carbons (Fsp3) is 0.500.